The molecule has 0 saturated carbocycles. The van der Waals surface area contributed by atoms with Crippen LogP contribution in [-0.2, 0) is 11.3 Å². The van der Waals surface area contributed by atoms with Gasteiger partial charge < -0.3 is 10.6 Å². The van der Waals surface area contributed by atoms with Gasteiger partial charge in [0.1, 0.15) is 0 Å². The molecule has 134 valence electrons. The number of carbonyl (C=O) groups is 1. The smallest absolute Gasteiger partial charge is 0.240 e. The number of likely N-dealkylation sites (tertiary alicyclic amines) is 1. The number of amides is 1. The highest BCUT2D eigenvalue weighted by molar-refractivity contribution is 5.82. The fourth-order valence-electron chi connectivity index (χ4n) is 3.34. The highest BCUT2D eigenvalue weighted by Crippen LogP contribution is 2.22. The molecular weight excluding hydrogens is 298 g/mol. The number of nitrogens with zero attached hydrogens (tertiary/aromatic N) is 2. The quantitative estimate of drug-likeness (QED) is 0.836. The van der Waals surface area contributed by atoms with Crippen molar-refractivity contribution in [2.75, 3.05) is 13.1 Å². The van der Waals surface area contributed by atoms with Crippen molar-refractivity contribution in [3.63, 3.8) is 0 Å². The Labute approximate surface area is 147 Å². The minimum absolute atomic E-state index is 0.121. The predicted octanol–water partition coefficient (Wildman–Crippen LogP) is 2.87. The summed E-state index contributed by atoms with van der Waals surface area (Å²) in [7, 11) is 0. The molecule has 1 heterocycles. The lowest BCUT2D eigenvalue weighted by molar-refractivity contribution is -0.134. The molecule has 1 aromatic carbocycles. The molecule has 1 saturated heterocycles. The Morgan fingerprint density at radius 1 is 1.25 bits per heavy atom. The third kappa shape index (κ3) is 4.81. The molecule has 2 atom stereocenters. The van der Waals surface area contributed by atoms with E-state index in [-0.39, 0.29) is 23.9 Å². The number of benzene rings is 1. The molecule has 4 heteroatoms. The maximum atomic E-state index is 12.7. The standard InChI is InChI=1S/C20H33N3O/c1-15(2)19(21)20(24)23-12-8-11-18(23)14-22(16(3)4)13-17-9-6-5-7-10-17/h5-7,9-10,15-16,18-19H,8,11-14,21H2,1-4H3/t18-,19-/m0/s1. The van der Waals surface area contributed by atoms with Gasteiger partial charge in [-0.3, -0.25) is 9.69 Å². The van der Waals surface area contributed by atoms with Gasteiger partial charge in [0.05, 0.1) is 6.04 Å². The van der Waals surface area contributed by atoms with Crippen molar-refractivity contribution < 1.29 is 4.79 Å². The molecule has 1 fully saturated rings. The average Bonchev–Trinajstić information content (AvgIpc) is 3.01. The van der Waals surface area contributed by atoms with Gasteiger partial charge in [-0.25, -0.2) is 0 Å². The summed E-state index contributed by atoms with van der Waals surface area (Å²) in [5.41, 5.74) is 7.43. The number of hydrogen-bond donors (Lipinski definition) is 1. The SMILES string of the molecule is CC(C)[C@H](N)C(=O)N1CCC[C@H]1CN(Cc1ccccc1)C(C)C. The Bertz CT molecular complexity index is 515. The van der Waals surface area contributed by atoms with E-state index in [1.165, 1.54) is 5.56 Å². The highest BCUT2D eigenvalue weighted by Gasteiger charge is 2.34. The second-order valence-electron chi connectivity index (χ2n) is 7.61. The summed E-state index contributed by atoms with van der Waals surface area (Å²) in [6.07, 6.45) is 2.16. The van der Waals surface area contributed by atoms with Crippen molar-refractivity contribution in [2.24, 2.45) is 11.7 Å². The van der Waals surface area contributed by atoms with E-state index in [4.69, 9.17) is 5.73 Å². The van der Waals surface area contributed by atoms with Gasteiger partial charge in [0.15, 0.2) is 0 Å². The molecular formula is C20H33N3O. The van der Waals surface area contributed by atoms with Crippen molar-refractivity contribution in [3.8, 4) is 0 Å². The van der Waals surface area contributed by atoms with Gasteiger partial charge in [-0.05, 0) is 38.2 Å². The van der Waals surface area contributed by atoms with E-state index in [1.807, 2.05) is 24.8 Å². The van der Waals surface area contributed by atoms with Gasteiger partial charge in [0, 0.05) is 31.7 Å². The normalized spacial score (nSPS) is 19.5. The van der Waals surface area contributed by atoms with E-state index in [2.05, 4.69) is 43.0 Å². The minimum Gasteiger partial charge on any atom is -0.337 e. The zero-order chi connectivity index (χ0) is 17.7. The van der Waals surface area contributed by atoms with Crippen molar-refractivity contribution in [1.82, 2.24) is 9.80 Å². The first-order valence-electron chi connectivity index (χ1n) is 9.24. The molecule has 1 aliphatic heterocycles. The Morgan fingerprint density at radius 2 is 1.92 bits per heavy atom. The van der Waals surface area contributed by atoms with Gasteiger partial charge in [0.25, 0.3) is 0 Å². The molecule has 2 N–H and O–H groups in total. The molecule has 2 rings (SSSR count). The van der Waals surface area contributed by atoms with E-state index in [9.17, 15) is 4.79 Å². The van der Waals surface area contributed by atoms with Crippen LogP contribution in [0.5, 0.6) is 0 Å². The second kappa shape index (κ2) is 8.63. The van der Waals surface area contributed by atoms with Crippen LogP contribution in [0.4, 0.5) is 0 Å². The minimum atomic E-state index is -0.382. The second-order valence-corrected chi connectivity index (χ2v) is 7.61. The van der Waals surface area contributed by atoms with Crippen molar-refractivity contribution in [2.45, 2.75) is 65.2 Å². The van der Waals surface area contributed by atoms with Crippen molar-refractivity contribution >= 4 is 5.91 Å². The number of carbonyl (C=O) groups excluding carboxylic acids is 1. The predicted molar refractivity (Wildman–Crippen MR) is 99.5 cm³/mol. The molecule has 4 nitrogen and oxygen atoms in total. The summed E-state index contributed by atoms with van der Waals surface area (Å²) in [6, 6.07) is 10.9. The number of hydrogen-bond acceptors (Lipinski definition) is 3. The number of nitrogens with two attached hydrogens (primary N) is 1. The fourth-order valence-corrected chi connectivity index (χ4v) is 3.34. The van der Waals surface area contributed by atoms with Crippen LogP contribution in [0.3, 0.4) is 0 Å². The van der Waals surface area contributed by atoms with Crippen LogP contribution in [0.25, 0.3) is 0 Å². The van der Waals surface area contributed by atoms with Gasteiger partial charge in [-0.1, -0.05) is 44.2 Å². The molecule has 0 spiro atoms. The fraction of sp³-hybridized carbons (Fsp3) is 0.650. The van der Waals surface area contributed by atoms with Crippen LogP contribution in [0.1, 0.15) is 46.1 Å². The summed E-state index contributed by atoms with van der Waals surface area (Å²) in [4.78, 5) is 17.2. The average molecular weight is 332 g/mol. The molecule has 24 heavy (non-hydrogen) atoms. The van der Waals surface area contributed by atoms with Crippen LogP contribution in [0.2, 0.25) is 0 Å². The summed E-state index contributed by atoms with van der Waals surface area (Å²) in [5.74, 6) is 0.306. The molecule has 0 bridgehead atoms. The third-order valence-corrected chi connectivity index (χ3v) is 5.07. The summed E-state index contributed by atoms with van der Waals surface area (Å²) in [6.45, 7) is 11.2. The zero-order valence-electron chi connectivity index (χ0n) is 15.6. The van der Waals surface area contributed by atoms with Gasteiger partial charge >= 0.3 is 0 Å². The maximum absolute atomic E-state index is 12.7. The van der Waals surface area contributed by atoms with Crippen LogP contribution in [0.15, 0.2) is 30.3 Å². The van der Waals surface area contributed by atoms with Crippen molar-refractivity contribution in [3.05, 3.63) is 35.9 Å². The largest absolute Gasteiger partial charge is 0.337 e. The van der Waals surface area contributed by atoms with E-state index >= 15 is 0 Å². The monoisotopic (exact) mass is 331 g/mol. The Balaban J connectivity index is 2.03. The third-order valence-electron chi connectivity index (χ3n) is 5.07. The van der Waals surface area contributed by atoms with Crippen LogP contribution >= 0.6 is 0 Å². The van der Waals surface area contributed by atoms with Crippen LogP contribution in [0, 0.1) is 5.92 Å². The topological polar surface area (TPSA) is 49.6 Å². The Hall–Kier alpha value is -1.39. The lowest BCUT2D eigenvalue weighted by Gasteiger charge is -2.34. The van der Waals surface area contributed by atoms with Gasteiger partial charge in [0.2, 0.25) is 5.91 Å². The molecule has 1 amide bonds. The van der Waals surface area contributed by atoms with Gasteiger partial charge in [-0.15, -0.1) is 0 Å². The molecule has 0 aliphatic carbocycles. The lowest BCUT2D eigenvalue weighted by Crippen LogP contribution is -2.51. The molecule has 1 aliphatic rings. The van der Waals surface area contributed by atoms with E-state index in [0.717, 1.165) is 32.5 Å². The van der Waals surface area contributed by atoms with E-state index < -0.39 is 0 Å². The first kappa shape index (κ1) is 18.9. The van der Waals surface area contributed by atoms with Crippen LogP contribution < -0.4 is 5.73 Å². The molecule has 0 radical (unpaired) electrons. The zero-order valence-corrected chi connectivity index (χ0v) is 15.6. The highest BCUT2D eigenvalue weighted by atomic mass is 16.2. The summed E-state index contributed by atoms with van der Waals surface area (Å²) >= 11 is 0. The summed E-state index contributed by atoms with van der Waals surface area (Å²) < 4.78 is 0. The van der Waals surface area contributed by atoms with E-state index in [1.54, 1.807) is 0 Å². The maximum Gasteiger partial charge on any atom is 0.240 e. The Kier molecular flexibility index (Phi) is 6.81. The Morgan fingerprint density at radius 3 is 2.50 bits per heavy atom. The first-order chi connectivity index (χ1) is 11.4. The van der Waals surface area contributed by atoms with Crippen molar-refractivity contribution in [1.29, 1.82) is 0 Å². The first-order valence-corrected chi connectivity index (χ1v) is 9.24. The molecule has 1 aromatic rings. The molecule has 0 aromatic heterocycles. The lowest BCUT2D eigenvalue weighted by atomic mass is 10.0. The van der Waals surface area contributed by atoms with E-state index in [0.29, 0.717) is 6.04 Å². The van der Waals surface area contributed by atoms with Crippen LogP contribution in [-0.4, -0.2) is 46.9 Å². The van der Waals surface area contributed by atoms with Gasteiger partial charge in [-0.2, -0.15) is 0 Å². The molecule has 0 unspecified atom stereocenters. The number of rotatable bonds is 7. The summed E-state index contributed by atoms with van der Waals surface area (Å²) in [5, 5.41) is 0.